The van der Waals surface area contributed by atoms with Crippen LogP contribution in [0, 0.1) is 17.8 Å². The Morgan fingerprint density at radius 1 is 1.08 bits per heavy atom. The summed E-state index contributed by atoms with van der Waals surface area (Å²) in [5.74, 6) is 2.90. The number of aromatic amines is 2. The Hall–Kier alpha value is -3.55. The van der Waals surface area contributed by atoms with Gasteiger partial charge in [-0.15, -0.1) is 5.10 Å². The number of unbranched alkanes of at least 4 members (excludes halogenated alkanes) is 1. The number of H-pyrrole nitrogens is 2. The molecule has 1 aliphatic rings. The summed E-state index contributed by atoms with van der Waals surface area (Å²) in [6, 6.07) is 12.0. The monoisotopic (exact) mass is 513 g/mol. The van der Waals surface area contributed by atoms with Gasteiger partial charge in [0.05, 0.1) is 12.2 Å². The second-order valence-electron chi connectivity index (χ2n) is 11.0. The molecule has 5 rings (SSSR count). The van der Waals surface area contributed by atoms with Crippen molar-refractivity contribution in [1.29, 1.82) is 0 Å². The van der Waals surface area contributed by atoms with E-state index in [2.05, 4.69) is 59.4 Å². The highest BCUT2D eigenvalue weighted by Gasteiger charge is 2.40. The molecular weight excluding hydrogens is 474 g/mol. The number of tetrazole rings is 1. The van der Waals surface area contributed by atoms with E-state index >= 15 is 0 Å². The molecule has 0 aliphatic heterocycles. The summed E-state index contributed by atoms with van der Waals surface area (Å²) in [7, 11) is 0. The smallest absolute Gasteiger partial charge is 0.309 e. The summed E-state index contributed by atoms with van der Waals surface area (Å²) in [5, 5.41) is 14.3. The van der Waals surface area contributed by atoms with Crippen molar-refractivity contribution in [3.63, 3.8) is 0 Å². The fourth-order valence-electron chi connectivity index (χ4n) is 6.40. The minimum atomic E-state index is 0.00241. The van der Waals surface area contributed by atoms with Crippen LogP contribution in [0.2, 0.25) is 0 Å². The summed E-state index contributed by atoms with van der Waals surface area (Å²) < 4.78 is 1.97. The van der Waals surface area contributed by atoms with E-state index < -0.39 is 0 Å². The second kappa shape index (κ2) is 11.5. The summed E-state index contributed by atoms with van der Waals surface area (Å²) in [5.41, 5.74) is 6.09. The third kappa shape index (κ3) is 5.08. The Labute approximate surface area is 224 Å². The maximum Gasteiger partial charge on any atom is 0.326 e. The normalized spacial score (nSPS) is 19.4. The van der Waals surface area contributed by atoms with Crippen LogP contribution < -0.4 is 5.69 Å². The molecule has 0 bridgehead atoms. The molecule has 1 aliphatic carbocycles. The van der Waals surface area contributed by atoms with E-state index in [9.17, 15) is 4.79 Å². The summed E-state index contributed by atoms with van der Waals surface area (Å²) >= 11 is 0. The molecule has 8 nitrogen and oxygen atoms in total. The zero-order chi connectivity index (χ0) is 26.6. The lowest BCUT2D eigenvalue weighted by Gasteiger charge is -2.27. The first-order chi connectivity index (χ1) is 18.5. The number of hydrogen-bond acceptors (Lipinski definition) is 5. The molecule has 200 valence electrons. The molecule has 2 N–H and O–H groups in total. The lowest BCUT2D eigenvalue weighted by molar-refractivity contribution is 0.317. The molecule has 0 amide bonds. The van der Waals surface area contributed by atoms with E-state index in [4.69, 9.17) is 4.98 Å². The molecule has 3 aromatic heterocycles. The van der Waals surface area contributed by atoms with Crippen LogP contribution in [0.15, 0.2) is 47.4 Å². The van der Waals surface area contributed by atoms with Gasteiger partial charge in [0.25, 0.3) is 0 Å². The SMILES string of the molecule is CCCCc1c(C2C(CC)CCC2C(C)C)[nH]c(=O)n1Cc1ccc(-c2ccccc2-c2nnn[nH]2)nc1. The van der Waals surface area contributed by atoms with Crippen LogP contribution in [-0.4, -0.2) is 35.2 Å². The van der Waals surface area contributed by atoms with E-state index in [1.807, 2.05) is 41.1 Å². The molecule has 3 heterocycles. The van der Waals surface area contributed by atoms with Crippen LogP contribution >= 0.6 is 0 Å². The molecule has 0 radical (unpaired) electrons. The average molecular weight is 514 g/mol. The topological polar surface area (TPSA) is 105 Å². The van der Waals surface area contributed by atoms with E-state index in [0.29, 0.717) is 36.0 Å². The quantitative estimate of drug-likeness (QED) is 0.271. The van der Waals surface area contributed by atoms with Gasteiger partial charge in [-0.25, -0.2) is 9.89 Å². The highest BCUT2D eigenvalue weighted by molar-refractivity contribution is 5.78. The van der Waals surface area contributed by atoms with Crippen LogP contribution in [-0.2, 0) is 13.0 Å². The third-order valence-corrected chi connectivity index (χ3v) is 8.41. The van der Waals surface area contributed by atoms with Crippen LogP contribution in [0.3, 0.4) is 0 Å². The molecule has 1 saturated carbocycles. The van der Waals surface area contributed by atoms with Gasteiger partial charge in [0, 0.05) is 34.6 Å². The van der Waals surface area contributed by atoms with Gasteiger partial charge in [0.2, 0.25) is 0 Å². The molecule has 8 heteroatoms. The average Bonchev–Trinajstić information content (AvgIpc) is 3.68. The van der Waals surface area contributed by atoms with Gasteiger partial charge in [-0.1, -0.05) is 70.9 Å². The Bertz CT molecular complexity index is 1380. The van der Waals surface area contributed by atoms with Gasteiger partial charge in [-0.2, -0.15) is 0 Å². The number of nitrogens with zero attached hydrogens (tertiary/aromatic N) is 5. The third-order valence-electron chi connectivity index (χ3n) is 8.41. The maximum atomic E-state index is 13.4. The van der Waals surface area contributed by atoms with Crippen molar-refractivity contribution in [2.24, 2.45) is 17.8 Å². The fraction of sp³-hybridized carbons (Fsp3) is 0.500. The molecule has 4 aromatic rings. The van der Waals surface area contributed by atoms with Gasteiger partial charge in [0.15, 0.2) is 5.82 Å². The lowest BCUT2D eigenvalue weighted by atomic mass is 9.79. The second-order valence-corrected chi connectivity index (χ2v) is 11.0. The first-order valence-electron chi connectivity index (χ1n) is 14.1. The molecule has 1 fully saturated rings. The molecule has 3 atom stereocenters. The number of imidazole rings is 1. The van der Waals surface area contributed by atoms with Gasteiger partial charge < -0.3 is 4.98 Å². The highest BCUT2D eigenvalue weighted by Crippen LogP contribution is 2.49. The van der Waals surface area contributed by atoms with Crippen molar-refractivity contribution in [2.45, 2.75) is 78.7 Å². The van der Waals surface area contributed by atoms with Crippen LogP contribution in [0.4, 0.5) is 0 Å². The van der Waals surface area contributed by atoms with Crippen molar-refractivity contribution < 1.29 is 0 Å². The van der Waals surface area contributed by atoms with Crippen LogP contribution in [0.25, 0.3) is 22.6 Å². The number of benzene rings is 1. The first kappa shape index (κ1) is 26.1. The van der Waals surface area contributed by atoms with Crippen LogP contribution in [0.1, 0.15) is 82.7 Å². The largest absolute Gasteiger partial charge is 0.326 e. The Balaban J connectivity index is 1.47. The Morgan fingerprint density at radius 3 is 2.55 bits per heavy atom. The zero-order valence-electron chi connectivity index (χ0n) is 22.9. The Morgan fingerprint density at radius 2 is 1.89 bits per heavy atom. The standard InChI is InChI=1S/C30H39N7O/c1-5-7-12-26-28(27-21(6-2)14-15-22(27)19(3)4)32-30(38)37(26)18-20-13-16-25(31-17-20)23-10-8-9-11-24(23)29-33-35-36-34-29/h8-11,13,16-17,19,21-22,27H,5-7,12,14-15,18H2,1-4H3,(H,32,38)(H,33,34,35,36). The fourth-order valence-corrected chi connectivity index (χ4v) is 6.40. The van der Waals surface area contributed by atoms with E-state index in [-0.39, 0.29) is 5.69 Å². The Kier molecular flexibility index (Phi) is 7.86. The van der Waals surface area contributed by atoms with Crippen molar-refractivity contribution in [1.82, 2.24) is 35.2 Å². The van der Waals surface area contributed by atoms with Gasteiger partial charge in [0.1, 0.15) is 0 Å². The molecule has 3 unspecified atom stereocenters. The lowest BCUT2D eigenvalue weighted by Crippen LogP contribution is -2.20. The number of hydrogen-bond donors (Lipinski definition) is 2. The minimum Gasteiger partial charge on any atom is -0.309 e. The predicted molar refractivity (Wildman–Crippen MR) is 150 cm³/mol. The minimum absolute atomic E-state index is 0.00241. The van der Waals surface area contributed by atoms with E-state index in [0.717, 1.165) is 48.1 Å². The van der Waals surface area contributed by atoms with Crippen molar-refractivity contribution >= 4 is 0 Å². The maximum absolute atomic E-state index is 13.4. The number of rotatable bonds is 10. The zero-order valence-corrected chi connectivity index (χ0v) is 22.9. The van der Waals surface area contributed by atoms with Crippen molar-refractivity contribution in [2.75, 3.05) is 0 Å². The van der Waals surface area contributed by atoms with Gasteiger partial charge in [-0.05, 0) is 65.5 Å². The van der Waals surface area contributed by atoms with Crippen molar-refractivity contribution in [3.8, 4) is 22.6 Å². The van der Waals surface area contributed by atoms with E-state index in [1.54, 1.807) is 0 Å². The molecule has 0 spiro atoms. The first-order valence-corrected chi connectivity index (χ1v) is 14.1. The molecular formula is C30H39N7O. The van der Waals surface area contributed by atoms with Gasteiger partial charge >= 0.3 is 5.69 Å². The summed E-state index contributed by atoms with van der Waals surface area (Å²) in [4.78, 5) is 21.5. The molecule has 0 saturated heterocycles. The highest BCUT2D eigenvalue weighted by atomic mass is 16.1. The number of aromatic nitrogens is 7. The number of nitrogens with one attached hydrogen (secondary N) is 2. The van der Waals surface area contributed by atoms with Crippen LogP contribution in [0.5, 0.6) is 0 Å². The predicted octanol–water partition coefficient (Wildman–Crippen LogP) is 5.99. The van der Waals surface area contributed by atoms with Crippen molar-refractivity contribution in [3.05, 3.63) is 70.0 Å². The van der Waals surface area contributed by atoms with Gasteiger partial charge in [-0.3, -0.25) is 9.55 Å². The number of pyridine rings is 1. The summed E-state index contributed by atoms with van der Waals surface area (Å²) in [6.07, 6.45) is 8.64. The molecule has 1 aromatic carbocycles. The molecule has 38 heavy (non-hydrogen) atoms. The van der Waals surface area contributed by atoms with E-state index in [1.165, 1.54) is 24.2 Å². The summed E-state index contributed by atoms with van der Waals surface area (Å²) in [6.45, 7) is 9.70.